The lowest BCUT2D eigenvalue weighted by Crippen LogP contribution is -2.49. The zero-order valence-corrected chi connectivity index (χ0v) is 9.39. The summed E-state index contributed by atoms with van der Waals surface area (Å²) in [6.07, 6.45) is -0.872. The van der Waals surface area contributed by atoms with Crippen LogP contribution in [0.5, 0.6) is 0 Å². The molecule has 1 atom stereocenters. The van der Waals surface area contributed by atoms with Crippen molar-refractivity contribution in [3.8, 4) is 0 Å². The Bertz CT molecular complexity index is 302. The number of carbonyl (C=O) groups is 3. The van der Waals surface area contributed by atoms with E-state index < -0.39 is 12.1 Å². The monoisotopic (exact) mass is 229 g/mol. The van der Waals surface area contributed by atoms with Crippen LogP contribution < -0.4 is 0 Å². The van der Waals surface area contributed by atoms with Crippen LogP contribution in [0.1, 0.15) is 13.3 Å². The van der Waals surface area contributed by atoms with Gasteiger partial charge in [0.25, 0.3) is 0 Å². The molecule has 0 aromatic heterocycles. The average molecular weight is 229 g/mol. The number of amides is 1. The van der Waals surface area contributed by atoms with Crippen LogP contribution in [-0.4, -0.2) is 55.5 Å². The molecule has 1 aliphatic rings. The third kappa shape index (κ3) is 3.30. The van der Waals surface area contributed by atoms with Gasteiger partial charge in [0.05, 0.1) is 26.7 Å². The molecule has 1 amide bonds. The van der Waals surface area contributed by atoms with E-state index in [1.807, 2.05) is 0 Å². The van der Waals surface area contributed by atoms with Gasteiger partial charge in [-0.25, -0.2) is 4.79 Å². The molecular formula is C10H15NO5. The first-order valence-corrected chi connectivity index (χ1v) is 5.01. The largest absolute Gasteiger partial charge is 0.467 e. The van der Waals surface area contributed by atoms with Crippen LogP contribution in [0.2, 0.25) is 0 Å². The molecule has 6 nitrogen and oxygen atoms in total. The molecule has 1 fully saturated rings. The van der Waals surface area contributed by atoms with Crippen molar-refractivity contribution in [1.29, 1.82) is 0 Å². The maximum Gasteiger partial charge on any atom is 0.336 e. The quantitative estimate of drug-likeness (QED) is 0.475. The van der Waals surface area contributed by atoms with Gasteiger partial charge in [-0.3, -0.25) is 9.59 Å². The van der Waals surface area contributed by atoms with E-state index in [0.29, 0.717) is 6.54 Å². The zero-order chi connectivity index (χ0) is 12.1. The van der Waals surface area contributed by atoms with Crippen LogP contribution in [-0.2, 0) is 23.9 Å². The van der Waals surface area contributed by atoms with Crippen molar-refractivity contribution in [2.24, 2.45) is 0 Å². The Labute approximate surface area is 93.5 Å². The molecule has 0 spiro atoms. The summed E-state index contributed by atoms with van der Waals surface area (Å²) in [5, 5.41) is 0. The van der Waals surface area contributed by atoms with E-state index in [1.165, 1.54) is 18.9 Å². The molecule has 1 heterocycles. The molecule has 1 rings (SSSR count). The smallest absolute Gasteiger partial charge is 0.336 e. The van der Waals surface area contributed by atoms with Crippen molar-refractivity contribution in [2.45, 2.75) is 19.4 Å². The second-order valence-corrected chi connectivity index (χ2v) is 3.60. The number of morpholine rings is 1. The summed E-state index contributed by atoms with van der Waals surface area (Å²) in [5.74, 6) is -0.962. The highest BCUT2D eigenvalue weighted by Crippen LogP contribution is 2.08. The third-order valence-electron chi connectivity index (χ3n) is 2.28. The molecule has 1 unspecified atom stereocenters. The van der Waals surface area contributed by atoms with E-state index in [2.05, 4.69) is 4.74 Å². The first kappa shape index (κ1) is 12.6. The molecule has 0 radical (unpaired) electrons. The first-order valence-electron chi connectivity index (χ1n) is 5.01. The molecular weight excluding hydrogens is 214 g/mol. The van der Waals surface area contributed by atoms with Gasteiger partial charge < -0.3 is 14.4 Å². The van der Waals surface area contributed by atoms with E-state index in [4.69, 9.17) is 4.74 Å². The van der Waals surface area contributed by atoms with E-state index in [-0.39, 0.29) is 31.3 Å². The highest BCUT2D eigenvalue weighted by molar-refractivity contribution is 5.97. The number of methoxy groups -OCH3 is 1. The number of ketones is 1. The van der Waals surface area contributed by atoms with E-state index in [0.717, 1.165) is 0 Å². The van der Waals surface area contributed by atoms with Crippen molar-refractivity contribution < 1.29 is 23.9 Å². The molecule has 6 heteroatoms. The minimum Gasteiger partial charge on any atom is -0.467 e. The molecule has 0 aromatic rings. The number of hydrogen-bond donors (Lipinski definition) is 0. The second kappa shape index (κ2) is 5.60. The van der Waals surface area contributed by atoms with Gasteiger partial charge in [-0.15, -0.1) is 0 Å². The maximum absolute atomic E-state index is 11.6. The molecule has 0 bridgehead atoms. The van der Waals surface area contributed by atoms with Crippen molar-refractivity contribution >= 4 is 17.7 Å². The van der Waals surface area contributed by atoms with Crippen LogP contribution in [0.3, 0.4) is 0 Å². The number of hydrogen-bond acceptors (Lipinski definition) is 5. The fraction of sp³-hybridized carbons (Fsp3) is 0.700. The fourth-order valence-corrected chi connectivity index (χ4v) is 1.47. The van der Waals surface area contributed by atoms with E-state index in [1.54, 1.807) is 0 Å². The van der Waals surface area contributed by atoms with Gasteiger partial charge in [0, 0.05) is 6.54 Å². The Morgan fingerprint density at radius 1 is 1.44 bits per heavy atom. The van der Waals surface area contributed by atoms with Crippen molar-refractivity contribution in [3.63, 3.8) is 0 Å². The van der Waals surface area contributed by atoms with Gasteiger partial charge in [0.15, 0.2) is 6.10 Å². The zero-order valence-electron chi connectivity index (χ0n) is 9.39. The topological polar surface area (TPSA) is 72.9 Å². The highest BCUT2D eigenvalue weighted by atomic mass is 16.6. The van der Waals surface area contributed by atoms with Gasteiger partial charge in [-0.05, 0) is 6.92 Å². The van der Waals surface area contributed by atoms with Gasteiger partial charge in [0.2, 0.25) is 5.91 Å². The molecule has 90 valence electrons. The van der Waals surface area contributed by atoms with E-state index >= 15 is 0 Å². The van der Waals surface area contributed by atoms with Crippen LogP contribution in [0.4, 0.5) is 0 Å². The van der Waals surface area contributed by atoms with Crippen LogP contribution >= 0.6 is 0 Å². The number of Topliss-reactive ketones (excluding diaryl/α,β-unsaturated/α-hetero) is 1. The Kier molecular flexibility index (Phi) is 4.42. The molecule has 0 saturated carbocycles. The normalized spacial score (nSPS) is 20.4. The number of nitrogens with zero attached hydrogens (tertiary/aromatic N) is 1. The summed E-state index contributed by atoms with van der Waals surface area (Å²) in [4.78, 5) is 35.0. The van der Waals surface area contributed by atoms with Crippen LogP contribution in [0.25, 0.3) is 0 Å². The summed E-state index contributed by atoms with van der Waals surface area (Å²) in [7, 11) is 1.27. The number of ether oxygens (including phenoxy) is 2. The minimum absolute atomic E-state index is 0.131. The number of esters is 1. The van der Waals surface area contributed by atoms with Gasteiger partial charge >= 0.3 is 5.97 Å². The Balaban J connectivity index is 2.53. The van der Waals surface area contributed by atoms with Crippen molar-refractivity contribution in [1.82, 2.24) is 4.90 Å². The SMILES string of the molecule is COC(=O)C1CN(C(=O)CC(C)=O)CCO1. The van der Waals surface area contributed by atoms with E-state index in [9.17, 15) is 14.4 Å². The predicted octanol–water partition coefficient (Wildman–Crippen LogP) is -0.634. The maximum atomic E-state index is 11.6. The Morgan fingerprint density at radius 3 is 2.69 bits per heavy atom. The average Bonchev–Trinajstić information content (AvgIpc) is 2.27. The summed E-state index contributed by atoms with van der Waals surface area (Å²) in [5.41, 5.74) is 0. The fourth-order valence-electron chi connectivity index (χ4n) is 1.47. The summed E-state index contributed by atoms with van der Waals surface area (Å²) in [6.45, 7) is 2.19. The standard InChI is InChI=1S/C10H15NO5/c1-7(12)5-9(13)11-3-4-16-8(6-11)10(14)15-2/h8H,3-6H2,1-2H3. The Morgan fingerprint density at radius 2 is 2.12 bits per heavy atom. The number of carbonyl (C=O) groups excluding carboxylic acids is 3. The summed E-state index contributed by atoms with van der Waals surface area (Å²) >= 11 is 0. The van der Waals surface area contributed by atoms with Crippen molar-refractivity contribution in [2.75, 3.05) is 26.8 Å². The molecule has 0 N–H and O–H groups in total. The summed E-state index contributed by atoms with van der Waals surface area (Å²) in [6, 6.07) is 0. The lowest BCUT2D eigenvalue weighted by Gasteiger charge is -2.31. The van der Waals surface area contributed by atoms with Crippen LogP contribution in [0.15, 0.2) is 0 Å². The van der Waals surface area contributed by atoms with Gasteiger partial charge in [-0.1, -0.05) is 0 Å². The third-order valence-corrected chi connectivity index (χ3v) is 2.28. The lowest BCUT2D eigenvalue weighted by atomic mass is 10.2. The van der Waals surface area contributed by atoms with Crippen molar-refractivity contribution in [3.05, 3.63) is 0 Å². The second-order valence-electron chi connectivity index (χ2n) is 3.60. The first-order chi connectivity index (χ1) is 7.54. The highest BCUT2D eigenvalue weighted by Gasteiger charge is 2.29. The summed E-state index contributed by atoms with van der Waals surface area (Å²) < 4.78 is 9.69. The number of rotatable bonds is 3. The van der Waals surface area contributed by atoms with Gasteiger partial charge in [-0.2, -0.15) is 0 Å². The molecule has 16 heavy (non-hydrogen) atoms. The van der Waals surface area contributed by atoms with Gasteiger partial charge in [0.1, 0.15) is 5.78 Å². The van der Waals surface area contributed by atoms with Crippen LogP contribution in [0, 0.1) is 0 Å². The molecule has 1 saturated heterocycles. The molecule has 0 aliphatic carbocycles. The lowest BCUT2D eigenvalue weighted by molar-refractivity contribution is -0.162. The molecule has 1 aliphatic heterocycles. The predicted molar refractivity (Wildman–Crippen MR) is 53.6 cm³/mol. The Hall–Kier alpha value is -1.43. The minimum atomic E-state index is -0.741. The molecule has 0 aromatic carbocycles.